The second-order valence-corrected chi connectivity index (χ2v) is 5.78. The minimum atomic E-state index is 0.525. The summed E-state index contributed by atoms with van der Waals surface area (Å²) < 4.78 is 0.925. The van der Waals surface area contributed by atoms with Crippen LogP contribution in [0, 0.1) is 0 Å². The second kappa shape index (κ2) is 4.90. The largest absolute Gasteiger partial charge is 0.350 e. The van der Waals surface area contributed by atoms with Crippen molar-refractivity contribution in [2.75, 3.05) is 18.4 Å². The maximum atomic E-state index is 4.29. The maximum absolute atomic E-state index is 4.29. The van der Waals surface area contributed by atoms with Gasteiger partial charge in [-0.2, -0.15) is 0 Å². The van der Waals surface area contributed by atoms with Gasteiger partial charge >= 0.3 is 0 Å². The maximum Gasteiger partial charge on any atom is 0.222 e. The van der Waals surface area contributed by atoms with Crippen LogP contribution in [0.2, 0.25) is 0 Å². The van der Waals surface area contributed by atoms with Crippen molar-refractivity contribution in [2.24, 2.45) is 0 Å². The predicted molar refractivity (Wildman–Crippen MR) is 71.0 cm³/mol. The summed E-state index contributed by atoms with van der Waals surface area (Å²) in [5.41, 5.74) is 0. The quantitative estimate of drug-likeness (QED) is 0.909. The van der Waals surface area contributed by atoms with Crippen LogP contribution in [0.15, 0.2) is 16.9 Å². The molecule has 0 radical (unpaired) electrons. The van der Waals surface area contributed by atoms with E-state index < -0.39 is 0 Å². The Morgan fingerprint density at radius 1 is 1.18 bits per heavy atom. The number of hydrogen-bond donors (Lipinski definition) is 1. The first-order chi connectivity index (χ1) is 8.33. The third-order valence-corrected chi connectivity index (χ3v) is 4.20. The van der Waals surface area contributed by atoms with E-state index in [1.165, 1.54) is 38.8 Å². The normalized spacial score (nSPS) is 29.0. The van der Waals surface area contributed by atoms with E-state index in [0.717, 1.165) is 10.4 Å². The van der Waals surface area contributed by atoms with Crippen molar-refractivity contribution in [3.8, 4) is 0 Å². The van der Waals surface area contributed by atoms with Gasteiger partial charge < -0.3 is 5.32 Å². The van der Waals surface area contributed by atoms with Crippen LogP contribution in [0.1, 0.15) is 25.7 Å². The van der Waals surface area contributed by atoms with Gasteiger partial charge in [-0.25, -0.2) is 9.97 Å². The number of fused-ring (bicyclic) bond motifs is 1. The molecular formula is C12H17BrN4. The van der Waals surface area contributed by atoms with Crippen molar-refractivity contribution < 1.29 is 0 Å². The Balaban J connectivity index is 1.67. The highest BCUT2D eigenvalue weighted by molar-refractivity contribution is 9.10. The summed E-state index contributed by atoms with van der Waals surface area (Å²) in [5.74, 6) is 0.755. The molecule has 3 heterocycles. The average molecular weight is 297 g/mol. The lowest BCUT2D eigenvalue weighted by Gasteiger charge is -2.32. The smallest absolute Gasteiger partial charge is 0.222 e. The molecule has 2 fully saturated rings. The molecule has 5 heteroatoms. The van der Waals surface area contributed by atoms with Crippen molar-refractivity contribution in [1.29, 1.82) is 0 Å². The van der Waals surface area contributed by atoms with E-state index in [9.17, 15) is 0 Å². The Labute approximate surface area is 110 Å². The van der Waals surface area contributed by atoms with Gasteiger partial charge in [-0.05, 0) is 41.7 Å². The molecular weight excluding hydrogens is 280 g/mol. The Morgan fingerprint density at radius 2 is 2.00 bits per heavy atom. The summed E-state index contributed by atoms with van der Waals surface area (Å²) in [6, 6.07) is 1.22. The Kier molecular flexibility index (Phi) is 3.29. The topological polar surface area (TPSA) is 41.1 Å². The second-order valence-electron chi connectivity index (χ2n) is 4.86. The fourth-order valence-corrected chi connectivity index (χ4v) is 3.17. The Hall–Kier alpha value is -0.680. The molecule has 0 aromatic carbocycles. The summed E-state index contributed by atoms with van der Waals surface area (Å²) in [5, 5.41) is 3.48. The van der Waals surface area contributed by atoms with Crippen molar-refractivity contribution in [2.45, 2.75) is 37.8 Å². The molecule has 0 spiro atoms. The average Bonchev–Trinajstić information content (AvgIpc) is 2.76. The first-order valence-electron chi connectivity index (χ1n) is 6.31. The number of hydrogen-bond acceptors (Lipinski definition) is 4. The number of aromatic nitrogens is 2. The van der Waals surface area contributed by atoms with E-state index in [0.29, 0.717) is 12.1 Å². The van der Waals surface area contributed by atoms with Gasteiger partial charge in [-0.1, -0.05) is 6.42 Å². The molecule has 92 valence electrons. The molecule has 0 saturated carbocycles. The summed E-state index contributed by atoms with van der Waals surface area (Å²) >= 11 is 3.35. The molecule has 1 aromatic heterocycles. The molecule has 2 aliphatic heterocycles. The number of nitrogens with one attached hydrogen (secondary N) is 1. The van der Waals surface area contributed by atoms with Gasteiger partial charge in [0.25, 0.3) is 0 Å². The lowest BCUT2D eigenvalue weighted by atomic mass is 9.99. The highest BCUT2D eigenvalue weighted by Gasteiger charge is 2.35. The van der Waals surface area contributed by atoms with Crippen molar-refractivity contribution in [3.63, 3.8) is 0 Å². The monoisotopic (exact) mass is 296 g/mol. The lowest BCUT2D eigenvalue weighted by molar-refractivity contribution is 0.192. The summed E-state index contributed by atoms with van der Waals surface area (Å²) in [7, 11) is 0. The van der Waals surface area contributed by atoms with Crippen LogP contribution >= 0.6 is 15.9 Å². The molecule has 2 atom stereocenters. The van der Waals surface area contributed by atoms with E-state index in [4.69, 9.17) is 0 Å². The zero-order valence-corrected chi connectivity index (χ0v) is 11.4. The fourth-order valence-electron chi connectivity index (χ4n) is 2.97. The van der Waals surface area contributed by atoms with Crippen LogP contribution in [0.3, 0.4) is 0 Å². The molecule has 0 amide bonds. The Morgan fingerprint density at radius 3 is 2.82 bits per heavy atom. The van der Waals surface area contributed by atoms with Crippen LogP contribution in [-0.4, -0.2) is 40.0 Å². The van der Waals surface area contributed by atoms with Gasteiger partial charge in [0.15, 0.2) is 0 Å². The molecule has 2 saturated heterocycles. The first kappa shape index (κ1) is 11.4. The molecule has 2 aliphatic rings. The van der Waals surface area contributed by atoms with Crippen LogP contribution < -0.4 is 5.32 Å². The third kappa shape index (κ3) is 2.45. The molecule has 1 N–H and O–H groups in total. The van der Waals surface area contributed by atoms with Gasteiger partial charge in [0.2, 0.25) is 5.95 Å². The third-order valence-electron chi connectivity index (χ3n) is 3.79. The fraction of sp³-hybridized carbons (Fsp3) is 0.667. The number of nitrogens with zero attached hydrogens (tertiary/aromatic N) is 3. The SMILES string of the molecule is Brc1cnc(N[C@@H]2CCN3CCCC[C@H]23)nc1. The molecule has 1 aromatic rings. The van der Waals surface area contributed by atoms with Gasteiger partial charge in [-0.3, -0.25) is 4.90 Å². The minimum Gasteiger partial charge on any atom is -0.350 e. The van der Waals surface area contributed by atoms with E-state index >= 15 is 0 Å². The first-order valence-corrected chi connectivity index (χ1v) is 7.10. The molecule has 0 aliphatic carbocycles. The van der Waals surface area contributed by atoms with Crippen LogP contribution in [0.25, 0.3) is 0 Å². The Bertz CT molecular complexity index is 381. The van der Waals surface area contributed by atoms with Gasteiger partial charge in [-0.15, -0.1) is 0 Å². The van der Waals surface area contributed by atoms with Crippen molar-refractivity contribution in [1.82, 2.24) is 14.9 Å². The van der Waals surface area contributed by atoms with E-state index in [-0.39, 0.29) is 0 Å². The highest BCUT2D eigenvalue weighted by atomic mass is 79.9. The molecule has 4 nitrogen and oxygen atoms in total. The van der Waals surface area contributed by atoms with Gasteiger partial charge in [0, 0.05) is 31.0 Å². The van der Waals surface area contributed by atoms with Gasteiger partial charge in [0.05, 0.1) is 4.47 Å². The van der Waals surface area contributed by atoms with E-state index in [2.05, 4.69) is 36.1 Å². The summed E-state index contributed by atoms with van der Waals surface area (Å²) in [4.78, 5) is 11.2. The highest BCUT2D eigenvalue weighted by Crippen LogP contribution is 2.28. The molecule has 3 rings (SSSR count). The number of halogens is 1. The van der Waals surface area contributed by atoms with E-state index in [1.54, 1.807) is 12.4 Å². The number of rotatable bonds is 2. The molecule has 17 heavy (non-hydrogen) atoms. The zero-order valence-electron chi connectivity index (χ0n) is 9.77. The molecule has 0 bridgehead atoms. The van der Waals surface area contributed by atoms with Crippen molar-refractivity contribution in [3.05, 3.63) is 16.9 Å². The standard InChI is InChI=1S/C12H17BrN4/c13-9-7-14-12(15-8-9)16-10-4-6-17-5-2-1-3-11(10)17/h7-8,10-11H,1-6H2,(H,14,15,16)/t10-,11-/m1/s1. The number of anilines is 1. The minimum absolute atomic E-state index is 0.525. The zero-order chi connectivity index (χ0) is 11.7. The van der Waals surface area contributed by atoms with Crippen LogP contribution in [0.5, 0.6) is 0 Å². The lowest BCUT2D eigenvalue weighted by Crippen LogP contribution is -2.41. The van der Waals surface area contributed by atoms with Gasteiger partial charge in [0.1, 0.15) is 0 Å². The number of piperidine rings is 1. The summed E-state index contributed by atoms with van der Waals surface area (Å²) in [6.07, 6.45) is 8.84. The summed E-state index contributed by atoms with van der Waals surface area (Å²) in [6.45, 7) is 2.49. The molecule has 0 unspecified atom stereocenters. The van der Waals surface area contributed by atoms with Crippen molar-refractivity contribution >= 4 is 21.9 Å². The van der Waals surface area contributed by atoms with E-state index in [1.807, 2.05) is 0 Å². The van der Waals surface area contributed by atoms with Crippen LogP contribution in [0.4, 0.5) is 5.95 Å². The predicted octanol–water partition coefficient (Wildman–Crippen LogP) is 2.28. The van der Waals surface area contributed by atoms with Crippen LogP contribution in [-0.2, 0) is 0 Å².